The molecule has 2 aliphatic heterocycles. The maximum Gasteiger partial charge on any atom is 0.246 e. The van der Waals surface area contributed by atoms with Gasteiger partial charge in [0.15, 0.2) is 9.84 Å². The number of likely N-dealkylation sites (tertiary alicyclic amines) is 1. The van der Waals surface area contributed by atoms with Gasteiger partial charge in [-0.25, -0.2) is 8.42 Å². The first-order valence-electron chi connectivity index (χ1n) is 6.23. The van der Waals surface area contributed by atoms with Gasteiger partial charge in [0.2, 0.25) is 11.8 Å². The molecule has 6 nitrogen and oxygen atoms in total. The molecule has 7 heteroatoms. The number of carbonyl (C=O) groups is 2. The number of sulfone groups is 1. The number of nitrogens with zero attached hydrogens (tertiary/aromatic N) is 1. The van der Waals surface area contributed by atoms with Crippen LogP contribution in [0.1, 0.15) is 26.2 Å². The first-order chi connectivity index (χ1) is 8.43. The lowest BCUT2D eigenvalue weighted by Crippen LogP contribution is -2.48. The number of hydrogen-bond donors (Lipinski definition) is 1. The summed E-state index contributed by atoms with van der Waals surface area (Å²) in [4.78, 5) is 24.6. The van der Waals surface area contributed by atoms with Crippen molar-refractivity contribution in [1.82, 2.24) is 10.2 Å². The Hall–Kier alpha value is -0.950. The number of likely N-dealkylation sites (N-methyl/N-ethyl adjacent to an activating group) is 1. The molecule has 1 N–H and O–H groups in total. The molecule has 2 unspecified atom stereocenters. The summed E-state index contributed by atoms with van der Waals surface area (Å²) < 4.78 is 23.0. The molecule has 102 valence electrons. The monoisotopic (exact) mass is 274 g/mol. The zero-order valence-electron chi connectivity index (χ0n) is 10.4. The van der Waals surface area contributed by atoms with Gasteiger partial charge < -0.3 is 5.32 Å². The third-order valence-electron chi connectivity index (χ3n) is 3.46. The summed E-state index contributed by atoms with van der Waals surface area (Å²) in [5.41, 5.74) is 0. The first kappa shape index (κ1) is 13.5. The summed E-state index contributed by atoms with van der Waals surface area (Å²) in [6.07, 6.45) is 1.50. The Balaban J connectivity index is 1.98. The SMILES string of the molecule is CCN1C(=O)CC(NC2CCCS(=O)(=O)C2)C1=O. The lowest BCUT2D eigenvalue weighted by Gasteiger charge is -2.25. The number of hydrogen-bond acceptors (Lipinski definition) is 5. The average Bonchev–Trinajstić information content (AvgIpc) is 2.52. The fraction of sp³-hybridized carbons (Fsp3) is 0.818. The Bertz CT molecular complexity index is 460. The van der Waals surface area contributed by atoms with E-state index in [0.29, 0.717) is 13.0 Å². The zero-order chi connectivity index (χ0) is 13.3. The fourth-order valence-electron chi connectivity index (χ4n) is 2.58. The van der Waals surface area contributed by atoms with Crippen LogP contribution in [0.25, 0.3) is 0 Å². The lowest BCUT2D eigenvalue weighted by molar-refractivity contribution is -0.138. The van der Waals surface area contributed by atoms with Gasteiger partial charge in [-0.05, 0) is 19.8 Å². The Morgan fingerprint density at radius 3 is 2.67 bits per heavy atom. The number of nitrogens with one attached hydrogen (secondary N) is 1. The van der Waals surface area contributed by atoms with Gasteiger partial charge in [0.25, 0.3) is 0 Å². The standard InChI is InChI=1S/C11H18N2O4S/c1-2-13-10(14)6-9(11(13)15)12-8-4-3-5-18(16,17)7-8/h8-9,12H,2-7H2,1H3. The maximum atomic E-state index is 11.9. The summed E-state index contributed by atoms with van der Waals surface area (Å²) in [6, 6.07) is -0.752. The molecular weight excluding hydrogens is 256 g/mol. The molecule has 2 rings (SSSR count). The van der Waals surface area contributed by atoms with E-state index in [1.54, 1.807) is 6.92 Å². The second-order valence-electron chi connectivity index (χ2n) is 4.85. The summed E-state index contributed by atoms with van der Waals surface area (Å²) in [5.74, 6) is -0.120. The summed E-state index contributed by atoms with van der Waals surface area (Å²) in [7, 11) is -3.00. The van der Waals surface area contributed by atoms with Crippen LogP contribution < -0.4 is 5.32 Å². The molecule has 2 fully saturated rings. The highest BCUT2D eigenvalue weighted by molar-refractivity contribution is 7.91. The minimum atomic E-state index is -3.00. The smallest absolute Gasteiger partial charge is 0.246 e. The van der Waals surface area contributed by atoms with Crippen molar-refractivity contribution in [2.45, 2.75) is 38.3 Å². The van der Waals surface area contributed by atoms with Gasteiger partial charge in [-0.3, -0.25) is 14.5 Å². The van der Waals surface area contributed by atoms with Gasteiger partial charge in [-0.15, -0.1) is 0 Å². The van der Waals surface area contributed by atoms with Crippen LogP contribution >= 0.6 is 0 Å². The third-order valence-corrected chi connectivity index (χ3v) is 5.28. The van der Waals surface area contributed by atoms with E-state index in [-0.39, 0.29) is 35.8 Å². The Labute approximate surface area is 107 Å². The van der Waals surface area contributed by atoms with Crippen LogP contribution in [0, 0.1) is 0 Å². The number of carbonyl (C=O) groups excluding carboxylic acids is 2. The minimum Gasteiger partial charge on any atom is -0.302 e. The Morgan fingerprint density at radius 1 is 1.39 bits per heavy atom. The fourth-order valence-corrected chi connectivity index (χ4v) is 4.23. The van der Waals surface area contributed by atoms with Gasteiger partial charge in [-0.2, -0.15) is 0 Å². The highest BCUT2D eigenvalue weighted by Gasteiger charge is 2.39. The van der Waals surface area contributed by atoms with Crippen LogP contribution in [0.4, 0.5) is 0 Å². The van der Waals surface area contributed by atoms with E-state index in [2.05, 4.69) is 5.32 Å². The minimum absolute atomic E-state index is 0.0666. The van der Waals surface area contributed by atoms with Crippen molar-refractivity contribution >= 4 is 21.7 Å². The molecule has 0 radical (unpaired) electrons. The molecule has 0 aromatic carbocycles. The van der Waals surface area contributed by atoms with Crippen molar-refractivity contribution in [3.63, 3.8) is 0 Å². The van der Waals surface area contributed by atoms with E-state index in [1.165, 1.54) is 4.90 Å². The topological polar surface area (TPSA) is 83.6 Å². The molecular formula is C11H18N2O4S. The van der Waals surface area contributed by atoms with Crippen LogP contribution in [0.5, 0.6) is 0 Å². The summed E-state index contributed by atoms with van der Waals surface area (Å²) in [5, 5.41) is 3.03. The molecule has 18 heavy (non-hydrogen) atoms. The van der Waals surface area contributed by atoms with Gasteiger partial charge in [0.1, 0.15) is 0 Å². The van der Waals surface area contributed by atoms with E-state index in [9.17, 15) is 18.0 Å². The molecule has 0 aromatic rings. The molecule has 2 saturated heterocycles. The molecule has 0 aliphatic carbocycles. The normalized spacial score (nSPS) is 31.9. The largest absolute Gasteiger partial charge is 0.302 e. The molecule has 0 aromatic heterocycles. The highest BCUT2D eigenvalue weighted by Crippen LogP contribution is 2.17. The van der Waals surface area contributed by atoms with Crippen LogP contribution in [0.2, 0.25) is 0 Å². The van der Waals surface area contributed by atoms with Crippen molar-refractivity contribution in [3.8, 4) is 0 Å². The van der Waals surface area contributed by atoms with Crippen LogP contribution in [0.3, 0.4) is 0 Å². The number of imide groups is 1. The second-order valence-corrected chi connectivity index (χ2v) is 7.08. The quantitative estimate of drug-likeness (QED) is 0.688. The molecule has 0 spiro atoms. The van der Waals surface area contributed by atoms with Gasteiger partial charge >= 0.3 is 0 Å². The van der Waals surface area contributed by atoms with Crippen molar-refractivity contribution in [1.29, 1.82) is 0 Å². The van der Waals surface area contributed by atoms with Gasteiger partial charge in [-0.1, -0.05) is 0 Å². The van der Waals surface area contributed by atoms with Crippen LogP contribution in [0.15, 0.2) is 0 Å². The Kier molecular flexibility index (Phi) is 3.72. The van der Waals surface area contributed by atoms with E-state index in [0.717, 1.165) is 6.42 Å². The van der Waals surface area contributed by atoms with Crippen molar-refractivity contribution in [2.24, 2.45) is 0 Å². The summed E-state index contributed by atoms with van der Waals surface area (Å²) in [6.45, 7) is 2.13. The molecule has 2 amide bonds. The van der Waals surface area contributed by atoms with Crippen LogP contribution in [-0.2, 0) is 19.4 Å². The lowest BCUT2D eigenvalue weighted by atomic mass is 10.1. The molecule has 2 atom stereocenters. The molecule has 2 aliphatic rings. The maximum absolute atomic E-state index is 11.9. The molecule has 2 heterocycles. The second kappa shape index (κ2) is 4.97. The average molecular weight is 274 g/mol. The van der Waals surface area contributed by atoms with Crippen molar-refractivity contribution < 1.29 is 18.0 Å². The first-order valence-corrected chi connectivity index (χ1v) is 8.06. The summed E-state index contributed by atoms with van der Waals surface area (Å²) >= 11 is 0. The van der Waals surface area contributed by atoms with E-state index < -0.39 is 15.9 Å². The third kappa shape index (κ3) is 2.72. The van der Waals surface area contributed by atoms with Gasteiger partial charge in [0, 0.05) is 12.6 Å². The van der Waals surface area contributed by atoms with Crippen molar-refractivity contribution in [2.75, 3.05) is 18.1 Å². The number of amides is 2. The van der Waals surface area contributed by atoms with Gasteiger partial charge in [0.05, 0.1) is 24.0 Å². The van der Waals surface area contributed by atoms with Crippen molar-refractivity contribution in [3.05, 3.63) is 0 Å². The predicted octanol–water partition coefficient (Wildman–Crippen LogP) is -0.699. The van der Waals surface area contributed by atoms with E-state index in [4.69, 9.17) is 0 Å². The molecule has 0 bridgehead atoms. The van der Waals surface area contributed by atoms with E-state index >= 15 is 0 Å². The highest BCUT2D eigenvalue weighted by atomic mass is 32.2. The predicted molar refractivity (Wildman–Crippen MR) is 65.6 cm³/mol. The number of rotatable bonds is 3. The Morgan fingerprint density at radius 2 is 2.11 bits per heavy atom. The van der Waals surface area contributed by atoms with Crippen LogP contribution in [-0.4, -0.2) is 55.3 Å². The zero-order valence-corrected chi connectivity index (χ0v) is 11.2. The van der Waals surface area contributed by atoms with E-state index in [1.807, 2.05) is 0 Å². The molecule has 0 saturated carbocycles.